The lowest BCUT2D eigenvalue weighted by atomic mass is 9.76. The number of aliphatic hydroxyl groups excluding tert-OH is 2. The van der Waals surface area contributed by atoms with Crippen LogP contribution in [-0.4, -0.2) is 45.4 Å². The molecule has 0 aromatic heterocycles. The second-order valence-corrected chi connectivity index (χ2v) is 21.7. The van der Waals surface area contributed by atoms with Crippen molar-refractivity contribution in [1.29, 1.82) is 0 Å². The zero-order valence-electron chi connectivity index (χ0n) is 42.2. The fraction of sp³-hybridized carbons (Fsp3) is 0.333. The minimum atomic E-state index is -0.507. The Morgan fingerprint density at radius 2 is 0.886 bits per heavy atom. The molecule has 0 unspecified atom stereocenters. The molecule has 4 aromatic carbocycles. The average molecular weight is 939 g/mol. The Bertz CT molecular complexity index is 3120. The second-order valence-electron chi connectivity index (χ2n) is 21.7. The standard InChI is InChI=1S/C60H62N2O8/c1-13-61-49(27-41-53(63)39(54(41)64)25-45-31(3)35-17-15-33(29-69-67)23-47(35)57(45,5)6)59(9,10)43-21-20-38-37(51(43)61)19-22-44-52(38)62(14-2)50(60(44,11)12)28-42-55(65)40(56(42)66)26-46-32(4)36-18-16-34(30-70-68)24-48(36)58(46,7)8/h15-28,63,65,67-68H,13-14,29-30H2,1-12H3. The number of likely N-dealkylation sites (N-methyl/N-ethyl adjacent to an activating group) is 2. The third kappa shape index (κ3) is 6.39. The van der Waals surface area contributed by atoms with Crippen molar-refractivity contribution in [1.82, 2.24) is 0 Å². The third-order valence-electron chi connectivity index (χ3n) is 16.6. The molecule has 2 aliphatic heterocycles. The molecular weight excluding hydrogens is 877 g/mol. The lowest BCUT2D eigenvalue weighted by Gasteiger charge is -2.29. The number of Topliss-reactive ketones (excluding diaryl/α,β-unsaturated/α-hetero) is 2. The van der Waals surface area contributed by atoms with Crippen LogP contribution >= 0.6 is 0 Å². The van der Waals surface area contributed by atoms with Gasteiger partial charge in [0.2, 0.25) is 11.6 Å². The predicted molar refractivity (Wildman–Crippen MR) is 277 cm³/mol. The molecule has 0 fully saturated rings. The largest absolute Gasteiger partial charge is 0.506 e. The first kappa shape index (κ1) is 47.1. The van der Waals surface area contributed by atoms with Crippen molar-refractivity contribution in [3.05, 3.63) is 186 Å². The van der Waals surface area contributed by atoms with E-state index in [2.05, 4.69) is 113 Å². The van der Waals surface area contributed by atoms with Gasteiger partial charge in [0, 0.05) is 56.9 Å². The quantitative estimate of drug-likeness (QED) is 0.0690. The Morgan fingerprint density at radius 3 is 1.21 bits per heavy atom. The predicted octanol–water partition coefficient (Wildman–Crippen LogP) is 13.0. The van der Waals surface area contributed by atoms with Crippen LogP contribution in [0.2, 0.25) is 0 Å². The summed E-state index contributed by atoms with van der Waals surface area (Å²) in [6.45, 7) is 26.8. The van der Waals surface area contributed by atoms with Crippen molar-refractivity contribution in [3.8, 4) is 0 Å². The maximum atomic E-state index is 14.1. The summed E-state index contributed by atoms with van der Waals surface area (Å²) in [7, 11) is 0. The number of carbonyl (C=O) groups is 2. The van der Waals surface area contributed by atoms with Crippen LogP contribution < -0.4 is 9.80 Å². The highest BCUT2D eigenvalue weighted by molar-refractivity contribution is 6.22. The lowest BCUT2D eigenvalue weighted by molar-refractivity contribution is -0.253. The Morgan fingerprint density at radius 1 is 0.514 bits per heavy atom. The van der Waals surface area contributed by atoms with Gasteiger partial charge in [-0.05, 0) is 119 Å². The summed E-state index contributed by atoms with van der Waals surface area (Å²) < 4.78 is 0. The number of rotatable bonds is 10. The van der Waals surface area contributed by atoms with Crippen LogP contribution in [0.4, 0.5) is 11.4 Å². The smallest absolute Gasteiger partial charge is 0.200 e. The van der Waals surface area contributed by atoms with Gasteiger partial charge in [0.05, 0.1) is 33.7 Å². The number of fused-ring (bicyclic) bond motifs is 7. The molecule has 0 spiro atoms. The van der Waals surface area contributed by atoms with E-state index in [0.29, 0.717) is 35.4 Å². The van der Waals surface area contributed by atoms with E-state index in [0.717, 1.165) is 100 Å². The zero-order chi connectivity index (χ0) is 50.3. The van der Waals surface area contributed by atoms with Crippen LogP contribution in [0.25, 0.3) is 21.9 Å². The van der Waals surface area contributed by atoms with Crippen LogP contribution in [-0.2, 0) is 54.2 Å². The van der Waals surface area contributed by atoms with Gasteiger partial charge in [-0.3, -0.25) is 20.1 Å². The van der Waals surface area contributed by atoms with Crippen molar-refractivity contribution in [2.45, 2.75) is 118 Å². The molecular formula is C60H62N2O8. The normalized spacial score (nSPS) is 22.7. The monoisotopic (exact) mass is 938 g/mol. The molecule has 0 saturated heterocycles. The van der Waals surface area contributed by atoms with E-state index in [9.17, 15) is 19.8 Å². The molecule has 4 aromatic rings. The van der Waals surface area contributed by atoms with Gasteiger partial charge in [0.1, 0.15) is 24.7 Å². The molecule has 6 aliphatic rings. The number of anilines is 2. The Labute approximate surface area is 410 Å². The Hall–Kier alpha value is -6.56. The van der Waals surface area contributed by atoms with Gasteiger partial charge in [-0.1, -0.05) is 116 Å². The van der Waals surface area contributed by atoms with E-state index >= 15 is 0 Å². The fourth-order valence-electron chi connectivity index (χ4n) is 12.6. The molecule has 0 amide bonds. The summed E-state index contributed by atoms with van der Waals surface area (Å²) >= 11 is 0. The second kappa shape index (κ2) is 16.0. The molecule has 10 heteroatoms. The number of benzene rings is 4. The number of ketones is 2. The maximum absolute atomic E-state index is 14.1. The number of hydrogen-bond acceptors (Lipinski definition) is 10. The Kier molecular flexibility index (Phi) is 10.8. The minimum absolute atomic E-state index is 0.0114. The van der Waals surface area contributed by atoms with Gasteiger partial charge in [-0.15, -0.1) is 0 Å². The number of carbonyl (C=O) groups excluding carboxylic acids is 2. The first-order chi connectivity index (χ1) is 33.1. The summed E-state index contributed by atoms with van der Waals surface area (Å²) in [4.78, 5) is 41.6. The maximum Gasteiger partial charge on any atom is 0.200 e. The highest BCUT2D eigenvalue weighted by Crippen LogP contribution is 2.57. The minimum Gasteiger partial charge on any atom is -0.506 e. The molecule has 0 atom stereocenters. The molecule has 0 radical (unpaired) electrons. The van der Waals surface area contributed by atoms with Crippen LogP contribution in [0.15, 0.2) is 141 Å². The van der Waals surface area contributed by atoms with Gasteiger partial charge < -0.3 is 20.0 Å². The molecule has 360 valence electrons. The molecule has 4 N–H and O–H groups in total. The lowest BCUT2D eigenvalue weighted by Crippen LogP contribution is -2.29. The van der Waals surface area contributed by atoms with Crippen LogP contribution in [0.1, 0.15) is 128 Å². The van der Waals surface area contributed by atoms with Crippen molar-refractivity contribution in [3.63, 3.8) is 0 Å². The molecule has 4 aliphatic carbocycles. The van der Waals surface area contributed by atoms with E-state index in [-0.39, 0.29) is 36.3 Å². The summed E-state index contributed by atoms with van der Waals surface area (Å²) in [6.07, 6.45) is 7.45. The van der Waals surface area contributed by atoms with Gasteiger partial charge in [-0.25, -0.2) is 9.78 Å². The van der Waals surface area contributed by atoms with E-state index in [1.165, 1.54) is 0 Å². The summed E-state index contributed by atoms with van der Waals surface area (Å²) in [5.74, 6) is -0.420. The van der Waals surface area contributed by atoms with Crippen molar-refractivity contribution in [2.24, 2.45) is 0 Å². The molecule has 0 bridgehead atoms. The molecule has 2 heterocycles. The van der Waals surface area contributed by atoms with Gasteiger partial charge >= 0.3 is 0 Å². The molecule has 0 saturated carbocycles. The highest BCUT2D eigenvalue weighted by Gasteiger charge is 2.47. The van der Waals surface area contributed by atoms with E-state index in [4.69, 9.17) is 10.5 Å². The highest BCUT2D eigenvalue weighted by atomic mass is 17.1. The number of hydrogen-bond donors (Lipinski definition) is 4. The number of nitrogens with zero attached hydrogens (tertiary/aromatic N) is 2. The van der Waals surface area contributed by atoms with Crippen molar-refractivity contribution < 1.29 is 40.1 Å². The van der Waals surface area contributed by atoms with Gasteiger partial charge in [0.25, 0.3) is 0 Å². The summed E-state index contributed by atoms with van der Waals surface area (Å²) in [5.41, 5.74) is 15.5. The number of aliphatic hydroxyl groups is 2. The molecule has 70 heavy (non-hydrogen) atoms. The first-order valence-electron chi connectivity index (χ1n) is 24.3. The zero-order valence-corrected chi connectivity index (χ0v) is 42.2. The summed E-state index contributed by atoms with van der Waals surface area (Å²) in [5, 5.41) is 43.7. The molecule has 10 rings (SSSR count). The third-order valence-corrected chi connectivity index (χ3v) is 16.6. The molecule has 10 nitrogen and oxygen atoms in total. The fourth-order valence-corrected chi connectivity index (χ4v) is 12.6. The van der Waals surface area contributed by atoms with Crippen LogP contribution in [0, 0.1) is 0 Å². The Balaban J connectivity index is 0.989. The van der Waals surface area contributed by atoms with E-state index in [1.54, 1.807) is 0 Å². The van der Waals surface area contributed by atoms with Gasteiger partial charge in [-0.2, -0.15) is 0 Å². The topological polar surface area (TPSA) is 140 Å². The first-order valence-corrected chi connectivity index (χ1v) is 24.3. The SMILES string of the molecule is CCN1C(=CC2=C(O)C(=CC3=C(C)c4ccc(COO)cc4C3(C)C)C2=O)C(C)(C)c2ccc3c4c(ccc3c21)C(C)(C)C(=CC1=C(O)C(=CC2=C(C)c3ccc(COO)cc3C2(C)C)C1=O)N4CC. The van der Waals surface area contributed by atoms with Crippen LogP contribution in [0.5, 0.6) is 0 Å². The van der Waals surface area contributed by atoms with E-state index in [1.807, 2.05) is 74.5 Å². The average Bonchev–Trinajstić information content (AvgIpc) is 3.85. The van der Waals surface area contributed by atoms with Crippen molar-refractivity contribution in [2.75, 3.05) is 22.9 Å². The van der Waals surface area contributed by atoms with E-state index < -0.39 is 21.7 Å². The summed E-state index contributed by atoms with van der Waals surface area (Å²) in [6, 6.07) is 20.7. The van der Waals surface area contributed by atoms with Crippen molar-refractivity contribution >= 4 is 44.9 Å². The number of allylic oxidation sites excluding steroid dienone is 14. The van der Waals surface area contributed by atoms with Crippen LogP contribution in [0.3, 0.4) is 0 Å². The van der Waals surface area contributed by atoms with Gasteiger partial charge in [0.15, 0.2) is 0 Å².